The topological polar surface area (TPSA) is 55.6 Å². The zero-order valence-electron chi connectivity index (χ0n) is 13.5. The molecule has 0 aromatic heterocycles. The number of benzene rings is 2. The summed E-state index contributed by atoms with van der Waals surface area (Å²) >= 11 is 0. The van der Waals surface area contributed by atoms with Gasteiger partial charge in [-0.3, -0.25) is 4.79 Å². The van der Waals surface area contributed by atoms with Crippen molar-refractivity contribution in [2.24, 2.45) is 5.73 Å². The third kappa shape index (κ3) is 5.83. The van der Waals surface area contributed by atoms with Gasteiger partial charge in [0.25, 0.3) is 0 Å². The summed E-state index contributed by atoms with van der Waals surface area (Å²) in [7, 11) is 1.66. The standard InChI is InChI=1S/C18H21FN2O2.ClH/c1-21(11-12-23-17-10-6-5-9-15(17)19)18(22)16(20)13-14-7-3-2-4-8-14;/h2-10,16H,11-13,20H2,1H3;1H. The summed E-state index contributed by atoms with van der Waals surface area (Å²) < 4.78 is 18.8. The largest absolute Gasteiger partial charge is 0.489 e. The molecular formula is C18H22ClFN2O2. The van der Waals surface area contributed by atoms with E-state index in [9.17, 15) is 9.18 Å². The van der Waals surface area contributed by atoms with Crippen LogP contribution in [0.2, 0.25) is 0 Å². The molecule has 0 aliphatic rings. The van der Waals surface area contributed by atoms with Crippen LogP contribution in [0.1, 0.15) is 5.56 Å². The highest BCUT2D eigenvalue weighted by Gasteiger charge is 2.18. The molecule has 2 aromatic carbocycles. The van der Waals surface area contributed by atoms with Crippen molar-refractivity contribution in [1.29, 1.82) is 0 Å². The van der Waals surface area contributed by atoms with Crippen LogP contribution >= 0.6 is 12.4 Å². The van der Waals surface area contributed by atoms with Gasteiger partial charge in [0.05, 0.1) is 12.6 Å². The lowest BCUT2D eigenvalue weighted by Gasteiger charge is -2.21. The quantitative estimate of drug-likeness (QED) is 0.833. The first kappa shape index (κ1) is 19.9. The molecule has 0 radical (unpaired) electrons. The third-order valence-corrected chi connectivity index (χ3v) is 3.51. The number of amides is 1. The molecule has 0 spiro atoms. The van der Waals surface area contributed by atoms with E-state index in [0.29, 0.717) is 13.0 Å². The van der Waals surface area contributed by atoms with Crippen molar-refractivity contribution in [3.63, 3.8) is 0 Å². The van der Waals surface area contributed by atoms with Gasteiger partial charge < -0.3 is 15.4 Å². The lowest BCUT2D eigenvalue weighted by Crippen LogP contribution is -2.44. The van der Waals surface area contributed by atoms with Crippen LogP contribution in [0.4, 0.5) is 4.39 Å². The second kappa shape index (κ2) is 9.90. The lowest BCUT2D eigenvalue weighted by molar-refractivity contribution is -0.131. The van der Waals surface area contributed by atoms with Gasteiger partial charge in [-0.1, -0.05) is 42.5 Å². The summed E-state index contributed by atoms with van der Waals surface area (Å²) in [5.41, 5.74) is 6.98. The van der Waals surface area contributed by atoms with Gasteiger partial charge >= 0.3 is 0 Å². The Balaban J connectivity index is 0.00000288. The summed E-state index contributed by atoms with van der Waals surface area (Å²) in [5.74, 6) is -0.393. The normalized spacial score (nSPS) is 11.3. The van der Waals surface area contributed by atoms with Crippen molar-refractivity contribution >= 4 is 18.3 Å². The average Bonchev–Trinajstić information content (AvgIpc) is 2.56. The molecule has 0 saturated heterocycles. The van der Waals surface area contributed by atoms with E-state index in [1.807, 2.05) is 30.3 Å². The highest BCUT2D eigenvalue weighted by atomic mass is 35.5. The van der Waals surface area contributed by atoms with E-state index in [0.717, 1.165) is 5.56 Å². The van der Waals surface area contributed by atoms with Gasteiger partial charge in [-0.15, -0.1) is 12.4 Å². The molecule has 130 valence electrons. The van der Waals surface area contributed by atoms with E-state index in [2.05, 4.69) is 0 Å². The summed E-state index contributed by atoms with van der Waals surface area (Å²) in [6.07, 6.45) is 0.484. The second-order valence-corrected chi connectivity index (χ2v) is 5.33. The maximum absolute atomic E-state index is 13.4. The molecule has 0 aliphatic heterocycles. The molecule has 1 atom stereocenters. The maximum Gasteiger partial charge on any atom is 0.239 e. The average molecular weight is 353 g/mol. The number of halogens is 2. The molecule has 0 bridgehead atoms. The van der Waals surface area contributed by atoms with E-state index in [1.54, 1.807) is 25.2 Å². The van der Waals surface area contributed by atoms with Crippen LogP contribution in [-0.4, -0.2) is 37.0 Å². The van der Waals surface area contributed by atoms with Gasteiger partial charge in [0.15, 0.2) is 11.6 Å². The number of nitrogens with two attached hydrogens (primary N) is 1. The fraction of sp³-hybridized carbons (Fsp3) is 0.278. The van der Waals surface area contributed by atoms with E-state index in [4.69, 9.17) is 10.5 Å². The van der Waals surface area contributed by atoms with Crippen LogP contribution in [0.3, 0.4) is 0 Å². The number of rotatable bonds is 7. The molecule has 0 aliphatic carbocycles. The van der Waals surface area contributed by atoms with Crippen molar-refractivity contribution in [3.8, 4) is 5.75 Å². The van der Waals surface area contributed by atoms with Gasteiger partial charge in [-0.25, -0.2) is 4.39 Å². The van der Waals surface area contributed by atoms with Crippen LogP contribution < -0.4 is 10.5 Å². The molecule has 4 nitrogen and oxygen atoms in total. The predicted octanol–water partition coefficient (Wildman–Crippen LogP) is 2.65. The Labute approximate surface area is 147 Å². The van der Waals surface area contributed by atoms with Crippen LogP contribution in [0.15, 0.2) is 54.6 Å². The Hall–Kier alpha value is -2.11. The molecule has 0 fully saturated rings. The first-order valence-electron chi connectivity index (χ1n) is 7.49. The zero-order chi connectivity index (χ0) is 16.7. The van der Waals surface area contributed by atoms with E-state index in [1.165, 1.54) is 11.0 Å². The number of para-hydroxylation sites is 1. The minimum absolute atomic E-state index is 0. The summed E-state index contributed by atoms with van der Waals surface area (Å²) in [4.78, 5) is 13.7. The smallest absolute Gasteiger partial charge is 0.239 e. The SMILES string of the molecule is CN(CCOc1ccccc1F)C(=O)C(N)Cc1ccccc1.Cl. The van der Waals surface area contributed by atoms with E-state index >= 15 is 0 Å². The molecule has 2 N–H and O–H groups in total. The highest BCUT2D eigenvalue weighted by molar-refractivity contribution is 5.85. The highest BCUT2D eigenvalue weighted by Crippen LogP contribution is 2.15. The molecule has 6 heteroatoms. The van der Waals surface area contributed by atoms with Crippen LogP contribution in [-0.2, 0) is 11.2 Å². The molecule has 24 heavy (non-hydrogen) atoms. The minimum Gasteiger partial charge on any atom is -0.489 e. The number of nitrogens with zero attached hydrogens (tertiary/aromatic N) is 1. The molecule has 1 unspecified atom stereocenters. The van der Waals surface area contributed by atoms with Gasteiger partial charge in [0.1, 0.15) is 6.61 Å². The monoisotopic (exact) mass is 352 g/mol. The van der Waals surface area contributed by atoms with Crippen molar-refractivity contribution < 1.29 is 13.9 Å². The minimum atomic E-state index is -0.601. The summed E-state index contributed by atoms with van der Waals surface area (Å²) in [6.45, 7) is 0.552. The predicted molar refractivity (Wildman–Crippen MR) is 94.9 cm³/mol. The first-order chi connectivity index (χ1) is 11.1. The number of carbonyl (C=O) groups is 1. The maximum atomic E-state index is 13.4. The van der Waals surface area contributed by atoms with Gasteiger partial charge in [0.2, 0.25) is 5.91 Å². The van der Waals surface area contributed by atoms with Gasteiger partial charge in [-0.05, 0) is 24.1 Å². The molecule has 1 amide bonds. The number of ether oxygens (including phenoxy) is 1. The molecule has 0 saturated carbocycles. The Bertz CT molecular complexity index is 640. The van der Waals surface area contributed by atoms with Crippen LogP contribution in [0.5, 0.6) is 5.75 Å². The Morgan fingerprint density at radius 2 is 1.79 bits per heavy atom. The molecular weight excluding hydrogens is 331 g/mol. The number of hydrogen-bond acceptors (Lipinski definition) is 3. The van der Waals surface area contributed by atoms with E-state index in [-0.39, 0.29) is 30.7 Å². The number of likely N-dealkylation sites (N-methyl/N-ethyl adjacent to an activating group) is 1. The molecule has 2 aromatic rings. The Kier molecular flexibility index (Phi) is 8.22. The van der Waals surface area contributed by atoms with E-state index < -0.39 is 11.9 Å². The van der Waals surface area contributed by atoms with Gasteiger partial charge in [-0.2, -0.15) is 0 Å². The first-order valence-corrected chi connectivity index (χ1v) is 7.49. The third-order valence-electron chi connectivity index (χ3n) is 3.51. The van der Waals surface area contributed by atoms with Crippen molar-refractivity contribution in [2.75, 3.05) is 20.2 Å². The van der Waals surface area contributed by atoms with Crippen molar-refractivity contribution in [2.45, 2.75) is 12.5 Å². The molecule has 2 rings (SSSR count). The van der Waals surface area contributed by atoms with Crippen LogP contribution in [0, 0.1) is 5.82 Å². The van der Waals surface area contributed by atoms with Crippen molar-refractivity contribution in [3.05, 3.63) is 66.0 Å². The van der Waals surface area contributed by atoms with Crippen LogP contribution in [0.25, 0.3) is 0 Å². The number of hydrogen-bond donors (Lipinski definition) is 1. The number of carbonyl (C=O) groups excluding carboxylic acids is 1. The Morgan fingerprint density at radius 1 is 1.17 bits per heavy atom. The zero-order valence-corrected chi connectivity index (χ0v) is 14.3. The fourth-order valence-electron chi connectivity index (χ4n) is 2.20. The van der Waals surface area contributed by atoms with Crippen molar-refractivity contribution in [1.82, 2.24) is 4.90 Å². The second-order valence-electron chi connectivity index (χ2n) is 5.33. The van der Waals surface area contributed by atoms with Gasteiger partial charge in [0, 0.05) is 7.05 Å². The fourth-order valence-corrected chi connectivity index (χ4v) is 2.20. The lowest BCUT2D eigenvalue weighted by atomic mass is 10.1. The molecule has 0 heterocycles. The Morgan fingerprint density at radius 3 is 2.46 bits per heavy atom. The summed E-state index contributed by atoms with van der Waals surface area (Å²) in [6, 6.07) is 15.2. The summed E-state index contributed by atoms with van der Waals surface area (Å²) in [5, 5.41) is 0.